The fourth-order valence-electron chi connectivity index (χ4n) is 1.62. The first-order valence-corrected chi connectivity index (χ1v) is 6.89. The molecule has 1 unspecified atom stereocenters. The number of thioether (sulfide) groups is 1. The largest absolute Gasteiger partial charge is 0.403 e. The van der Waals surface area contributed by atoms with Gasteiger partial charge in [0.15, 0.2) is 11.0 Å². The number of esters is 2. The minimum absolute atomic E-state index is 0.367. The molecule has 9 heteroatoms. The molecule has 1 aliphatic heterocycles. The number of carbonyl (C=O) groups is 3. The highest BCUT2D eigenvalue weighted by Crippen LogP contribution is 2.30. The van der Waals surface area contributed by atoms with Crippen molar-refractivity contribution in [1.29, 1.82) is 0 Å². The second-order valence-electron chi connectivity index (χ2n) is 4.29. The molecule has 0 aromatic heterocycles. The lowest BCUT2D eigenvalue weighted by molar-refractivity contribution is -0.195. The van der Waals surface area contributed by atoms with E-state index in [2.05, 4.69) is 10.1 Å². The van der Waals surface area contributed by atoms with Crippen molar-refractivity contribution in [1.82, 2.24) is 5.32 Å². The Morgan fingerprint density at radius 1 is 1.40 bits per heavy atom. The van der Waals surface area contributed by atoms with Gasteiger partial charge in [-0.2, -0.15) is 13.2 Å². The number of hydrogen-bond donors (Lipinski definition) is 1. The molecule has 0 amide bonds. The van der Waals surface area contributed by atoms with Crippen molar-refractivity contribution in [2.24, 2.45) is 5.92 Å². The van der Waals surface area contributed by atoms with E-state index in [0.717, 1.165) is 6.92 Å². The lowest BCUT2D eigenvalue weighted by Gasteiger charge is -2.18. The fraction of sp³-hybridized carbons (Fsp3) is 0.727. The maximum absolute atomic E-state index is 12.7. The van der Waals surface area contributed by atoms with Crippen LogP contribution < -0.4 is 5.32 Å². The van der Waals surface area contributed by atoms with Gasteiger partial charge in [-0.1, -0.05) is 11.8 Å². The molecular weight excluding hydrogens is 299 g/mol. The van der Waals surface area contributed by atoms with Crippen molar-refractivity contribution >= 4 is 28.8 Å². The van der Waals surface area contributed by atoms with Crippen molar-refractivity contribution in [3.05, 3.63) is 0 Å². The summed E-state index contributed by atoms with van der Waals surface area (Å²) in [6.45, 7) is 1.65. The van der Waals surface area contributed by atoms with Gasteiger partial charge in [-0.15, -0.1) is 0 Å². The van der Waals surface area contributed by atoms with Crippen LogP contribution in [0.3, 0.4) is 0 Å². The standard InChI is InChI=1S/C11H14F3NO4S/c1-6(16)20-5-7(11(12,13)14)9(17)19-10(18)8-3-2-4-15-8/h7-8,15H,2-5H2,1H3/t7?,8-/m0/s1. The smallest absolute Gasteiger partial charge is 0.391 e. The third-order valence-electron chi connectivity index (χ3n) is 2.68. The highest BCUT2D eigenvalue weighted by Gasteiger charge is 2.47. The van der Waals surface area contributed by atoms with E-state index in [0.29, 0.717) is 31.1 Å². The summed E-state index contributed by atoms with van der Waals surface area (Å²) in [6, 6.07) is -0.742. The van der Waals surface area contributed by atoms with Crippen LogP contribution in [0.2, 0.25) is 0 Å². The Morgan fingerprint density at radius 3 is 2.50 bits per heavy atom. The van der Waals surface area contributed by atoms with Crippen molar-refractivity contribution in [2.75, 3.05) is 12.3 Å². The molecule has 0 radical (unpaired) electrons. The monoisotopic (exact) mass is 313 g/mol. The number of rotatable bonds is 4. The Labute approximate surface area is 117 Å². The van der Waals surface area contributed by atoms with Crippen LogP contribution in [0.25, 0.3) is 0 Å². The van der Waals surface area contributed by atoms with Crippen molar-refractivity contribution in [3.63, 3.8) is 0 Å². The van der Waals surface area contributed by atoms with Gasteiger partial charge in [0.2, 0.25) is 0 Å². The van der Waals surface area contributed by atoms with E-state index in [9.17, 15) is 27.6 Å². The van der Waals surface area contributed by atoms with E-state index in [4.69, 9.17) is 0 Å². The average molecular weight is 313 g/mol. The van der Waals surface area contributed by atoms with Gasteiger partial charge in [0.05, 0.1) is 0 Å². The maximum atomic E-state index is 12.7. The van der Waals surface area contributed by atoms with Crippen molar-refractivity contribution in [3.8, 4) is 0 Å². The molecule has 1 fully saturated rings. The molecule has 1 aliphatic rings. The summed E-state index contributed by atoms with van der Waals surface area (Å²) in [7, 11) is 0. The Bertz CT molecular complexity index is 394. The molecule has 2 atom stereocenters. The zero-order valence-electron chi connectivity index (χ0n) is 10.7. The molecule has 1 rings (SSSR count). The highest BCUT2D eigenvalue weighted by atomic mass is 32.2. The van der Waals surface area contributed by atoms with E-state index < -0.39 is 40.9 Å². The molecule has 0 aliphatic carbocycles. The molecule has 0 aromatic carbocycles. The number of halogens is 3. The topological polar surface area (TPSA) is 72.5 Å². The minimum Gasteiger partial charge on any atom is -0.391 e. The second kappa shape index (κ2) is 7.07. The second-order valence-corrected chi connectivity index (χ2v) is 5.48. The quantitative estimate of drug-likeness (QED) is 0.622. The van der Waals surface area contributed by atoms with Gasteiger partial charge in [-0.3, -0.25) is 9.59 Å². The van der Waals surface area contributed by atoms with Crippen LogP contribution in [-0.4, -0.2) is 41.6 Å². The summed E-state index contributed by atoms with van der Waals surface area (Å²) in [5.41, 5.74) is 0. The SMILES string of the molecule is CC(=O)SCC(C(=O)OC(=O)[C@@H]1CCCN1)C(F)(F)F. The molecule has 5 nitrogen and oxygen atoms in total. The van der Waals surface area contributed by atoms with Gasteiger partial charge < -0.3 is 10.1 Å². The summed E-state index contributed by atoms with van der Waals surface area (Å²) in [5, 5.41) is 2.18. The normalized spacial score (nSPS) is 20.5. The van der Waals surface area contributed by atoms with Crippen LogP contribution in [0.1, 0.15) is 19.8 Å². The van der Waals surface area contributed by atoms with Gasteiger partial charge in [-0.05, 0) is 19.4 Å². The highest BCUT2D eigenvalue weighted by molar-refractivity contribution is 8.13. The van der Waals surface area contributed by atoms with E-state index in [1.807, 2.05) is 0 Å². The zero-order valence-corrected chi connectivity index (χ0v) is 11.5. The predicted octanol–water partition coefficient (Wildman–Crippen LogP) is 1.27. The summed E-state index contributed by atoms with van der Waals surface area (Å²) in [5.74, 6) is -5.94. The summed E-state index contributed by atoms with van der Waals surface area (Å²) in [6.07, 6.45) is -3.75. The van der Waals surface area contributed by atoms with Gasteiger partial charge in [0, 0.05) is 12.7 Å². The fourth-order valence-corrected chi connectivity index (χ4v) is 2.35. The minimum atomic E-state index is -4.86. The Hall–Kier alpha value is -1.09. The number of ether oxygens (including phenoxy) is 1. The first-order valence-electron chi connectivity index (χ1n) is 5.91. The lowest BCUT2D eigenvalue weighted by Crippen LogP contribution is -2.40. The molecule has 114 valence electrons. The van der Waals surface area contributed by atoms with Crippen LogP contribution >= 0.6 is 11.8 Å². The molecule has 0 aromatic rings. The molecule has 0 spiro atoms. The van der Waals surface area contributed by atoms with E-state index in [-0.39, 0.29) is 0 Å². The Balaban J connectivity index is 2.62. The van der Waals surface area contributed by atoms with Crippen LogP contribution in [0.4, 0.5) is 13.2 Å². The Kier molecular flexibility index (Phi) is 6.00. The first kappa shape index (κ1) is 17.0. The van der Waals surface area contributed by atoms with Crippen molar-refractivity contribution < 1.29 is 32.3 Å². The summed E-state index contributed by atoms with van der Waals surface area (Å²) < 4.78 is 42.4. The van der Waals surface area contributed by atoms with Gasteiger partial charge in [0.1, 0.15) is 6.04 Å². The molecule has 20 heavy (non-hydrogen) atoms. The van der Waals surface area contributed by atoms with Crippen molar-refractivity contribution in [2.45, 2.75) is 32.0 Å². The molecule has 0 saturated carbocycles. The molecule has 1 saturated heterocycles. The third kappa shape index (κ3) is 5.12. The van der Waals surface area contributed by atoms with Crippen LogP contribution in [0.5, 0.6) is 0 Å². The lowest BCUT2D eigenvalue weighted by atomic mass is 10.2. The van der Waals surface area contributed by atoms with Gasteiger partial charge in [-0.25, -0.2) is 4.79 Å². The molecule has 1 heterocycles. The van der Waals surface area contributed by atoms with Gasteiger partial charge in [0.25, 0.3) is 0 Å². The maximum Gasteiger partial charge on any atom is 0.403 e. The van der Waals surface area contributed by atoms with Crippen LogP contribution in [0, 0.1) is 5.92 Å². The number of nitrogens with one attached hydrogen (secondary N) is 1. The van der Waals surface area contributed by atoms with E-state index >= 15 is 0 Å². The summed E-state index contributed by atoms with van der Waals surface area (Å²) in [4.78, 5) is 33.6. The van der Waals surface area contributed by atoms with Gasteiger partial charge >= 0.3 is 18.1 Å². The zero-order chi connectivity index (χ0) is 15.3. The van der Waals surface area contributed by atoms with E-state index in [1.165, 1.54) is 0 Å². The van der Waals surface area contributed by atoms with Crippen LogP contribution in [0.15, 0.2) is 0 Å². The number of carbonyl (C=O) groups excluding carboxylic acids is 3. The third-order valence-corrected chi connectivity index (χ3v) is 3.59. The van der Waals surface area contributed by atoms with E-state index in [1.54, 1.807) is 0 Å². The predicted molar refractivity (Wildman–Crippen MR) is 64.8 cm³/mol. The average Bonchev–Trinajstić information content (AvgIpc) is 2.79. The Morgan fingerprint density at radius 2 is 2.05 bits per heavy atom. The first-order chi connectivity index (χ1) is 9.21. The molecule has 0 bridgehead atoms. The summed E-state index contributed by atoms with van der Waals surface area (Å²) >= 11 is 0.367. The number of hydrogen-bond acceptors (Lipinski definition) is 6. The molecular formula is C11H14F3NO4S. The van der Waals surface area contributed by atoms with Crippen LogP contribution in [-0.2, 0) is 19.1 Å². The number of alkyl halides is 3. The molecule has 1 N–H and O–H groups in total.